The van der Waals surface area contributed by atoms with Crippen LogP contribution < -0.4 is 30.9 Å². The molecule has 2 aliphatic heterocycles. The van der Waals surface area contributed by atoms with E-state index in [0.29, 0.717) is 40.8 Å². The minimum Gasteiger partial charge on any atom is -0.494 e. The molecular weight excluding hydrogens is 700 g/mol. The number of methoxy groups -OCH3 is 1. The molecule has 5 N–H and O–H groups in total. The van der Waals surface area contributed by atoms with Crippen molar-refractivity contribution >= 4 is 75.9 Å². The lowest BCUT2D eigenvalue weighted by Crippen LogP contribution is -2.48. The summed E-state index contributed by atoms with van der Waals surface area (Å²) >= 11 is 0. The van der Waals surface area contributed by atoms with E-state index in [1.165, 1.54) is 6.21 Å². The number of fused-ring (bicyclic) bond motifs is 2. The van der Waals surface area contributed by atoms with Crippen molar-refractivity contribution in [1.82, 2.24) is 35.1 Å². The van der Waals surface area contributed by atoms with E-state index in [1.807, 2.05) is 43.7 Å². The molecule has 14 heteroatoms. The minimum absolute atomic E-state index is 0.299. The Morgan fingerprint density at radius 2 is 1.74 bits per heavy atom. The maximum absolute atomic E-state index is 14.5. The lowest BCUT2D eigenvalue weighted by atomic mass is 9.71. The van der Waals surface area contributed by atoms with Crippen molar-refractivity contribution < 1.29 is 9.13 Å². The summed E-state index contributed by atoms with van der Waals surface area (Å²) in [5, 5.41) is 20.6. The normalized spacial score (nSPS) is 18.3. The van der Waals surface area contributed by atoms with Crippen LogP contribution in [0.5, 0.6) is 5.75 Å². The quantitative estimate of drug-likeness (QED) is 0.0659. The first-order valence-corrected chi connectivity index (χ1v) is 21.0. The highest BCUT2D eigenvalue weighted by atomic mass is 31.1. The fraction of sp³-hybridized carbons (Fsp3) is 0.425. The number of likely N-dealkylation sites (tertiary alicyclic amines) is 1. The Labute approximate surface area is 316 Å². The number of allylic oxidation sites excluding steroid dienone is 1. The van der Waals surface area contributed by atoms with Crippen LogP contribution in [0.4, 0.5) is 33.2 Å². The average Bonchev–Trinajstić information content (AvgIpc) is 3.71. The number of H-pyrrole nitrogens is 1. The summed E-state index contributed by atoms with van der Waals surface area (Å²) in [6, 6.07) is 10.1. The molecule has 5 aromatic rings. The third-order valence-corrected chi connectivity index (χ3v) is 12.8. The van der Waals surface area contributed by atoms with Gasteiger partial charge in [0.2, 0.25) is 5.95 Å². The zero-order chi connectivity index (χ0) is 37.5. The highest BCUT2D eigenvalue weighted by Crippen LogP contribution is 2.47. The number of aromatic amines is 1. The molecule has 1 aliphatic carbocycles. The lowest BCUT2D eigenvalue weighted by Gasteiger charge is -2.48. The molecule has 0 radical (unpaired) electrons. The number of hydrogen-bond donors (Lipinski definition) is 5. The van der Waals surface area contributed by atoms with Crippen molar-refractivity contribution in [2.45, 2.75) is 44.2 Å². The molecule has 2 saturated heterocycles. The number of alkyl halides is 1. The third kappa shape index (κ3) is 7.19. The number of nitrogens with one attached hydrogen (secondary N) is 5. The van der Waals surface area contributed by atoms with Gasteiger partial charge in [0.1, 0.15) is 22.9 Å². The second-order valence-corrected chi connectivity index (χ2v) is 17.4. The zero-order valence-corrected chi connectivity index (χ0v) is 32.4. The number of nitrogens with zero attached hydrogens (tertiary/aromatic N) is 6. The topological polar surface area (TPSA) is 143 Å². The van der Waals surface area contributed by atoms with E-state index in [0.717, 1.165) is 109 Å². The van der Waals surface area contributed by atoms with E-state index in [2.05, 4.69) is 60.1 Å². The van der Waals surface area contributed by atoms with E-state index in [-0.39, 0.29) is 0 Å². The van der Waals surface area contributed by atoms with E-state index in [1.54, 1.807) is 19.5 Å². The molecule has 12 nitrogen and oxygen atoms in total. The summed E-state index contributed by atoms with van der Waals surface area (Å²) in [5.41, 5.74) is 6.10. The van der Waals surface area contributed by atoms with Crippen LogP contribution in [0, 0.1) is 10.8 Å². The van der Waals surface area contributed by atoms with Gasteiger partial charge < -0.3 is 40.9 Å². The monoisotopic (exact) mass is 749 g/mol. The molecule has 3 aliphatic rings. The van der Waals surface area contributed by atoms with Crippen molar-refractivity contribution in [3.05, 3.63) is 60.7 Å². The number of aromatic nitrogens is 5. The first-order chi connectivity index (χ1) is 26.2. The molecule has 0 amide bonds. The third-order valence-electron chi connectivity index (χ3n) is 11.4. The number of piperidine rings is 2. The smallest absolute Gasteiger partial charge is 0.231 e. The Hall–Kier alpha value is -4.87. The second kappa shape index (κ2) is 14.8. The first kappa shape index (κ1) is 36.1. The molecular formula is C40H49FN11OP. The fourth-order valence-electron chi connectivity index (χ4n) is 8.20. The van der Waals surface area contributed by atoms with Crippen LogP contribution >= 0.6 is 7.92 Å². The Morgan fingerprint density at radius 1 is 0.981 bits per heavy atom. The largest absolute Gasteiger partial charge is 0.494 e. The van der Waals surface area contributed by atoms with Gasteiger partial charge in [-0.1, -0.05) is 7.92 Å². The van der Waals surface area contributed by atoms with E-state index in [9.17, 15) is 4.39 Å². The van der Waals surface area contributed by atoms with Gasteiger partial charge in [0, 0.05) is 91.6 Å². The molecule has 54 heavy (non-hydrogen) atoms. The van der Waals surface area contributed by atoms with Crippen LogP contribution in [0.1, 0.15) is 44.1 Å². The predicted molar refractivity (Wildman–Crippen MR) is 220 cm³/mol. The van der Waals surface area contributed by atoms with E-state index < -0.39 is 13.6 Å². The maximum Gasteiger partial charge on any atom is 0.231 e. The number of halogens is 1. The van der Waals surface area contributed by atoms with Gasteiger partial charge in [0.05, 0.1) is 29.2 Å². The molecule has 1 saturated carbocycles. The Bertz CT molecular complexity index is 2200. The number of benzene rings is 2. The van der Waals surface area contributed by atoms with Crippen LogP contribution in [-0.4, -0.2) is 102 Å². The molecule has 0 bridgehead atoms. The van der Waals surface area contributed by atoms with Crippen LogP contribution in [0.15, 0.2) is 55.1 Å². The van der Waals surface area contributed by atoms with Crippen LogP contribution in [0.25, 0.3) is 27.6 Å². The standard InChI is InChI=1S/C40H49FN11OP/c1-43-24-26(23-42)28-21-31(33(53-2)22-32(28)52-19-12-39(13-20-52)10-17-51(18-11-39)25-40(41)8-9-40)48-38-49-36-27(7-14-46-36)37(50-38)47-30-6-5-29-34(35(30)54(3)4)45-16-15-44-29/h5-7,14-16,21-24,42-43H,8-13,17-20,25H2,1-4H3,(H3,46,47,48,49,50)/b26-24+,42-23?. The van der Waals surface area contributed by atoms with Crippen LogP contribution in [0.2, 0.25) is 0 Å². The Kier molecular flexibility index (Phi) is 9.87. The molecule has 8 rings (SSSR count). The number of anilines is 5. The first-order valence-electron chi connectivity index (χ1n) is 18.8. The van der Waals surface area contributed by atoms with Gasteiger partial charge in [-0.05, 0) is 94.6 Å². The van der Waals surface area contributed by atoms with Gasteiger partial charge in [-0.2, -0.15) is 9.97 Å². The van der Waals surface area contributed by atoms with E-state index in [4.69, 9.17) is 20.1 Å². The Balaban J connectivity index is 1.08. The summed E-state index contributed by atoms with van der Waals surface area (Å²) in [6.45, 7) is 8.81. The summed E-state index contributed by atoms with van der Waals surface area (Å²) in [6.07, 6.45) is 14.4. The molecule has 3 fully saturated rings. The second-order valence-electron chi connectivity index (χ2n) is 15.2. The highest BCUT2D eigenvalue weighted by Gasteiger charge is 2.46. The summed E-state index contributed by atoms with van der Waals surface area (Å²) in [4.78, 5) is 27.1. The predicted octanol–water partition coefficient (Wildman–Crippen LogP) is 7.16. The fourth-order valence-corrected chi connectivity index (χ4v) is 9.41. The molecule has 0 atom stereocenters. The van der Waals surface area contributed by atoms with Crippen molar-refractivity contribution in [3.63, 3.8) is 0 Å². The van der Waals surface area contributed by atoms with Crippen molar-refractivity contribution in [2.75, 3.05) is 75.7 Å². The van der Waals surface area contributed by atoms with Crippen LogP contribution in [-0.2, 0) is 0 Å². The number of rotatable bonds is 12. The summed E-state index contributed by atoms with van der Waals surface area (Å²) < 4.78 is 20.5. The number of hydrogen-bond acceptors (Lipinski definition) is 11. The van der Waals surface area contributed by atoms with Gasteiger partial charge in [-0.15, -0.1) is 0 Å². The molecule has 1 spiro atoms. The van der Waals surface area contributed by atoms with Crippen molar-refractivity contribution in [2.24, 2.45) is 5.41 Å². The highest BCUT2D eigenvalue weighted by molar-refractivity contribution is 7.65. The minimum atomic E-state index is -0.927. The van der Waals surface area contributed by atoms with Gasteiger partial charge in [-0.3, -0.25) is 9.97 Å². The van der Waals surface area contributed by atoms with Gasteiger partial charge in [0.15, 0.2) is 0 Å². The SMILES string of the molecule is CN/C=C(\C=N)c1cc(Nc2nc(Nc3ccc4nccnc4c3P(C)C)c3cc[nH]c3n2)c(OC)cc1N1CCC2(CCN(CC3(F)CC3)CC2)CC1. The van der Waals surface area contributed by atoms with Crippen LogP contribution in [0.3, 0.4) is 0 Å². The van der Waals surface area contributed by atoms with E-state index >= 15 is 0 Å². The molecule has 2 aromatic carbocycles. The van der Waals surface area contributed by atoms with Gasteiger partial charge in [-0.25, -0.2) is 4.39 Å². The Morgan fingerprint density at radius 3 is 2.44 bits per heavy atom. The molecule has 5 heterocycles. The summed E-state index contributed by atoms with van der Waals surface area (Å²) in [7, 11) is 2.99. The average molecular weight is 750 g/mol. The summed E-state index contributed by atoms with van der Waals surface area (Å²) in [5.74, 6) is 1.70. The van der Waals surface area contributed by atoms with Crippen molar-refractivity contribution in [3.8, 4) is 5.75 Å². The molecule has 3 aromatic heterocycles. The van der Waals surface area contributed by atoms with Gasteiger partial charge >= 0.3 is 0 Å². The molecule has 0 unspecified atom stereocenters. The van der Waals surface area contributed by atoms with Gasteiger partial charge in [0.25, 0.3) is 0 Å². The lowest BCUT2D eigenvalue weighted by molar-refractivity contribution is 0.0606. The zero-order valence-electron chi connectivity index (χ0n) is 31.5. The number of ether oxygens (including phenoxy) is 1. The molecule has 282 valence electrons. The van der Waals surface area contributed by atoms with Crippen molar-refractivity contribution in [1.29, 1.82) is 5.41 Å². The maximum atomic E-state index is 14.5.